The number of hydrogen-bond donors (Lipinski definition) is 1. The monoisotopic (exact) mass is 410 g/mol. The van der Waals surface area contributed by atoms with Gasteiger partial charge in [-0.1, -0.05) is 11.6 Å². The summed E-state index contributed by atoms with van der Waals surface area (Å²) in [6, 6.07) is 3.84. The SMILES string of the molecule is COc1cc2c(cc1OC)[C@@]13CCN4CC5=CCO[C@@H]6CC(=O)N2[C@H]1[C@@H]6[C@H]5C[C@@]43O. The van der Waals surface area contributed by atoms with Gasteiger partial charge in [-0.05, 0) is 30.4 Å². The number of carbonyl (C=O) groups is 1. The lowest BCUT2D eigenvalue weighted by Crippen LogP contribution is -2.74. The molecule has 0 aromatic heterocycles. The number of ether oxygens (including phenoxy) is 3. The summed E-state index contributed by atoms with van der Waals surface area (Å²) in [5, 5.41) is 12.3. The molecule has 6 aliphatic rings. The number of rotatable bonds is 2. The lowest BCUT2D eigenvalue weighted by atomic mass is 9.52. The van der Waals surface area contributed by atoms with Crippen LogP contribution in [0.1, 0.15) is 24.8 Å². The first-order chi connectivity index (χ1) is 14.5. The Balaban J connectivity index is 1.55. The largest absolute Gasteiger partial charge is 0.493 e. The Morgan fingerprint density at radius 1 is 1.23 bits per heavy atom. The molecule has 3 saturated heterocycles. The molecule has 5 heterocycles. The molecule has 4 fully saturated rings. The average Bonchev–Trinajstić information content (AvgIpc) is 3.15. The molecule has 6 atom stereocenters. The summed E-state index contributed by atoms with van der Waals surface area (Å²) in [5.41, 5.74) is 1.78. The summed E-state index contributed by atoms with van der Waals surface area (Å²) in [6.07, 6.45) is 4.03. The molecule has 1 spiro atoms. The minimum atomic E-state index is -0.966. The first-order valence-electron chi connectivity index (χ1n) is 10.9. The molecule has 7 nitrogen and oxygen atoms in total. The van der Waals surface area contributed by atoms with Crippen LogP contribution >= 0.6 is 0 Å². The zero-order valence-electron chi connectivity index (χ0n) is 17.3. The van der Waals surface area contributed by atoms with Crippen LogP contribution in [-0.2, 0) is 14.9 Å². The van der Waals surface area contributed by atoms with Gasteiger partial charge in [0.15, 0.2) is 11.5 Å². The van der Waals surface area contributed by atoms with E-state index >= 15 is 0 Å². The molecule has 5 aliphatic heterocycles. The Hall–Kier alpha value is -2.09. The van der Waals surface area contributed by atoms with E-state index in [0.29, 0.717) is 30.9 Å². The number of anilines is 1. The van der Waals surface area contributed by atoms with Gasteiger partial charge in [-0.15, -0.1) is 0 Å². The van der Waals surface area contributed by atoms with E-state index < -0.39 is 11.1 Å². The van der Waals surface area contributed by atoms with Crippen molar-refractivity contribution in [3.8, 4) is 11.5 Å². The molecule has 1 amide bonds. The van der Waals surface area contributed by atoms with Gasteiger partial charge in [0.2, 0.25) is 5.91 Å². The van der Waals surface area contributed by atoms with Crippen LogP contribution in [0.25, 0.3) is 0 Å². The second-order valence-corrected chi connectivity index (χ2v) is 9.64. The highest BCUT2D eigenvalue weighted by atomic mass is 16.5. The first-order valence-corrected chi connectivity index (χ1v) is 10.9. The maximum Gasteiger partial charge on any atom is 0.229 e. The Bertz CT molecular complexity index is 1020. The molecule has 1 aliphatic carbocycles. The summed E-state index contributed by atoms with van der Waals surface area (Å²) < 4.78 is 17.4. The van der Waals surface area contributed by atoms with Crippen LogP contribution in [0, 0.1) is 11.8 Å². The van der Waals surface area contributed by atoms with Gasteiger partial charge in [0, 0.05) is 25.1 Å². The molecular weight excluding hydrogens is 384 g/mol. The Kier molecular flexibility index (Phi) is 3.16. The molecule has 0 radical (unpaired) electrons. The van der Waals surface area contributed by atoms with E-state index in [1.165, 1.54) is 5.57 Å². The highest BCUT2D eigenvalue weighted by molar-refractivity contribution is 6.00. The van der Waals surface area contributed by atoms with Gasteiger partial charge in [0.05, 0.1) is 50.5 Å². The second-order valence-electron chi connectivity index (χ2n) is 9.64. The van der Waals surface area contributed by atoms with Gasteiger partial charge in [-0.2, -0.15) is 0 Å². The molecule has 2 bridgehead atoms. The van der Waals surface area contributed by atoms with Crippen LogP contribution in [0.4, 0.5) is 5.69 Å². The second kappa shape index (κ2) is 5.39. The third-order valence-corrected chi connectivity index (χ3v) is 8.95. The van der Waals surface area contributed by atoms with Crippen molar-refractivity contribution < 1.29 is 24.1 Å². The minimum absolute atomic E-state index is 0.0806. The van der Waals surface area contributed by atoms with Crippen molar-refractivity contribution in [2.24, 2.45) is 11.8 Å². The number of piperidine rings is 2. The fraction of sp³-hybridized carbons (Fsp3) is 0.609. The summed E-state index contributed by atoms with van der Waals surface area (Å²) in [5.74, 6) is 1.79. The highest BCUT2D eigenvalue weighted by Gasteiger charge is 2.77. The minimum Gasteiger partial charge on any atom is -0.493 e. The topological polar surface area (TPSA) is 71.5 Å². The molecule has 158 valence electrons. The highest BCUT2D eigenvalue weighted by Crippen LogP contribution is 2.69. The number of hydrogen-bond acceptors (Lipinski definition) is 6. The fourth-order valence-electron chi connectivity index (χ4n) is 7.89. The fourth-order valence-corrected chi connectivity index (χ4v) is 7.89. The summed E-state index contributed by atoms with van der Waals surface area (Å²) in [6.45, 7) is 2.17. The van der Waals surface area contributed by atoms with E-state index in [-0.39, 0.29) is 29.9 Å². The summed E-state index contributed by atoms with van der Waals surface area (Å²) in [7, 11) is 3.25. The zero-order valence-corrected chi connectivity index (χ0v) is 17.3. The molecule has 1 aromatic carbocycles. The average molecular weight is 410 g/mol. The molecule has 7 heteroatoms. The van der Waals surface area contributed by atoms with Crippen molar-refractivity contribution in [1.82, 2.24) is 4.90 Å². The van der Waals surface area contributed by atoms with Crippen LogP contribution in [0.2, 0.25) is 0 Å². The van der Waals surface area contributed by atoms with E-state index in [4.69, 9.17) is 14.2 Å². The molecule has 1 saturated carbocycles. The van der Waals surface area contributed by atoms with Crippen LogP contribution < -0.4 is 14.4 Å². The molecule has 30 heavy (non-hydrogen) atoms. The maximum absolute atomic E-state index is 13.5. The molecule has 0 unspecified atom stereocenters. The van der Waals surface area contributed by atoms with Crippen molar-refractivity contribution in [3.05, 3.63) is 29.3 Å². The van der Waals surface area contributed by atoms with Gasteiger partial charge in [-0.3, -0.25) is 9.69 Å². The van der Waals surface area contributed by atoms with E-state index in [0.717, 1.165) is 30.8 Å². The number of aliphatic hydroxyl groups is 1. The Morgan fingerprint density at radius 2 is 2.03 bits per heavy atom. The normalized spacial score (nSPS) is 42.6. The number of benzene rings is 1. The van der Waals surface area contributed by atoms with Gasteiger partial charge in [0.25, 0.3) is 0 Å². The Labute approximate surface area is 175 Å². The van der Waals surface area contributed by atoms with Gasteiger partial charge in [-0.25, -0.2) is 0 Å². The van der Waals surface area contributed by atoms with Crippen molar-refractivity contribution >= 4 is 11.6 Å². The molecular formula is C23H26N2O5. The van der Waals surface area contributed by atoms with Gasteiger partial charge >= 0.3 is 0 Å². The van der Waals surface area contributed by atoms with Crippen molar-refractivity contribution in [2.45, 2.75) is 42.5 Å². The van der Waals surface area contributed by atoms with Crippen molar-refractivity contribution in [2.75, 3.05) is 38.8 Å². The summed E-state index contributed by atoms with van der Waals surface area (Å²) >= 11 is 0. The van der Waals surface area contributed by atoms with E-state index in [9.17, 15) is 9.90 Å². The van der Waals surface area contributed by atoms with Crippen molar-refractivity contribution in [1.29, 1.82) is 0 Å². The number of carbonyl (C=O) groups excluding carboxylic acids is 1. The van der Waals surface area contributed by atoms with Crippen LogP contribution in [-0.4, -0.2) is 67.7 Å². The lowest BCUT2D eigenvalue weighted by molar-refractivity contribution is -0.197. The zero-order chi connectivity index (χ0) is 20.4. The number of nitrogens with zero attached hydrogens (tertiary/aromatic N) is 2. The Morgan fingerprint density at radius 3 is 2.83 bits per heavy atom. The van der Waals surface area contributed by atoms with Crippen LogP contribution in [0.3, 0.4) is 0 Å². The third-order valence-electron chi connectivity index (χ3n) is 8.95. The summed E-state index contributed by atoms with van der Waals surface area (Å²) in [4.78, 5) is 17.7. The van der Waals surface area contributed by atoms with E-state index in [1.54, 1.807) is 14.2 Å². The standard InChI is InChI=1S/C23H26N2O5/c1-28-16-7-14-15(8-17(16)29-2)25-19(26)9-18-20-13-10-23(27)22(14,21(20)25)4-5-24(23)11-12(13)3-6-30-18/h3,7-8,13,18,20-21,27H,4-6,9-11H2,1-2H3/t13-,18+,20+,21-,22-,23-/m0/s1. The predicted octanol–water partition coefficient (Wildman–Crippen LogP) is 1.43. The van der Waals surface area contributed by atoms with Crippen molar-refractivity contribution in [3.63, 3.8) is 0 Å². The van der Waals surface area contributed by atoms with E-state index in [1.807, 2.05) is 17.0 Å². The maximum atomic E-state index is 13.5. The number of amides is 1. The lowest BCUT2D eigenvalue weighted by Gasteiger charge is -2.62. The molecule has 7 rings (SSSR count). The predicted molar refractivity (Wildman–Crippen MR) is 108 cm³/mol. The number of fused-ring (bicyclic) bond motifs is 2. The van der Waals surface area contributed by atoms with Crippen LogP contribution in [0.5, 0.6) is 11.5 Å². The van der Waals surface area contributed by atoms with E-state index in [2.05, 4.69) is 11.0 Å². The van der Waals surface area contributed by atoms with Gasteiger partial charge in [0.1, 0.15) is 5.72 Å². The third kappa shape index (κ3) is 1.68. The van der Waals surface area contributed by atoms with Crippen LogP contribution in [0.15, 0.2) is 23.8 Å². The quantitative estimate of drug-likeness (QED) is 0.744. The van der Waals surface area contributed by atoms with Gasteiger partial charge < -0.3 is 24.2 Å². The molecule has 1 N–H and O–H groups in total. The molecule has 1 aromatic rings. The smallest absolute Gasteiger partial charge is 0.229 e. The first kappa shape index (κ1) is 17.6. The number of methoxy groups -OCH3 is 2.